The van der Waals surface area contributed by atoms with E-state index in [1.807, 2.05) is 0 Å². The molecule has 3 nitrogen and oxygen atoms in total. The van der Waals surface area contributed by atoms with Crippen LogP contribution in [0.15, 0.2) is 0 Å². The van der Waals surface area contributed by atoms with Crippen LogP contribution in [0.4, 0.5) is 4.39 Å². The number of nitrogens with zero attached hydrogens (tertiary/aromatic N) is 1. The Balaban J connectivity index is 2.34. The zero-order chi connectivity index (χ0) is 9.90. The maximum absolute atomic E-state index is 12.0. The van der Waals surface area contributed by atoms with Crippen molar-refractivity contribution in [1.82, 2.24) is 10.2 Å². The summed E-state index contributed by atoms with van der Waals surface area (Å²) in [4.78, 5) is 2.10. The summed E-state index contributed by atoms with van der Waals surface area (Å²) < 4.78 is 12.0. The lowest BCUT2D eigenvalue weighted by molar-refractivity contribution is 0.0635. The molecule has 0 aromatic heterocycles. The van der Waals surface area contributed by atoms with E-state index in [4.69, 9.17) is 5.11 Å². The van der Waals surface area contributed by atoms with E-state index >= 15 is 0 Å². The highest BCUT2D eigenvalue weighted by Gasteiger charge is 2.26. The molecule has 2 N–H and O–H groups in total. The van der Waals surface area contributed by atoms with Gasteiger partial charge < -0.3 is 10.4 Å². The van der Waals surface area contributed by atoms with Gasteiger partial charge in [-0.1, -0.05) is 0 Å². The van der Waals surface area contributed by atoms with Crippen molar-refractivity contribution >= 4 is 0 Å². The van der Waals surface area contributed by atoms with Crippen LogP contribution in [-0.4, -0.2) is 54.5 Å². The summed E-state index contributed by atoms with van der Waals surface area (Å²) in [6, 6.07) is 0. The van der Waals surface area contributed by atoms with Crippen molar-refractivity contribution in [2.24, 2.45) is 0 Å². The number of nitrogens with one attached hydrogen (secondary N) is 1. The minimum atomic E-state index is -0.825. The number of β-amino-alcohol motifs (C(OH)–C–C–N with tert-alkyl or cyclic N) is 1. The summed E-state index contributed by atoms with van der Waals surface area (Å²) in [7, 11) is 0. The van der Waals surface area contributed by atoms with Crippen LogP contribution in [0.25, 0.3) is 0 Å². The first-order chi connectivity index (χ1) is 6.03. The van der Waals surface area contributed by atoms with Gasteiger partial charge in [-0.2, -0.15) is 0 Å². The molecule has 0 saturated carbocycles. The molecule has 0 spiro atoms. The van der Waals surface area contributed by atoms with Gasteiger partial charge in [0.1, 0.15) is 6.67 Å². The summed E-state index contributed by atoms with van der Waals surface area (Å²) >= 11 is 0. The third-order valence-corrected chi connectivity index (χ3v) is 2.30. The van der Waals surface area contributed by atoms with Crippen LogP contribution in [0.1, 0.15) is 13.8 Å². The molecule has 0 aliphatic carbocycles. The van der Waals surface area contributed by atoms with Crippen molar-refractivity contribution < 1.29 is 9.50 Å². The van der Waals surface area contributed by atoms with Crippen molar-refractivity contribution in [3.63, 3.8) is 0 Å². The second-order valence-corrected chi connectivity index (χ2v) is 4.35. The summed E-state index contributed by atoms with van der Waals surface area (Å²) in [6.07, 6.45) is -0.825. The Hall–Kier alpha value is -0.190. The first-order valence-corrected chi connectivity index (χ1v) is 4.75. The monoisotopic (exact) mass is 190 g/mol. The lowest BCUT2D eigenvalue weighted by atomic mass is 10.0. The standard InChI is InChI=1S/C9H19FN2O/c1-9(2)7-12(4-3-11-9)6-8(13)5-10/h8,11,13H,3-7H2,1-2H3. The first kappa shape index (κ1) is 10.9. The molecule has 1 aliphatic heterocycles. The highest BCUT2D eigenvalue weighted by molar-refractivity contribution is 4.87. The largest absolute Gasteiger partial charge is 0.389 e. The van der Waals surface area contributed by atoms with Gasteiger partial charge in [-0.25, -0.2) is 4.39 Å². The molecule has 1 heterocycles. The summed E-state index contributed by atoms with van der Waals surface area (Å²) in [5.41, 5.74) is 0.0777. The normalized spacial score (nSPS) is 25.8. The number of piperazine rings is 1. The Bertz CT molecular complexity index is 164. The summed E-state index contributed by atoms with van der Waals surface area (Å²) in [5, 5.41) is 12.5. The lowest BCUT2D eigenvalue weighted by Crippen LogP contribution is -2.58. The van der Waals surface area contributed by atoms with E-state index in [1.54, 1.807) is 0 Å². The fraction of sp³-hybridized carbons (Fsp3) is 1.00. The van der Waals surface area contributed by atoms with Gasteiger partial charge in [0.05, 0.1) is 6.10 Å². The van der Waals surface area contributed by atoms with Gasteiger partial charge in [-0.05, 0) is 13.8 Å². The predicted octanol–water partition coefficient (Wildman–Crippen LogP) is 0.000600. The highest BCUT2D eigenvalue weighted by atomic mass is 19.1. The van der Waals surface area contributed by atoms with Crippen LogP contribution in [0.2, 0.25) is 0 Å². The quantitative estimate of drug-likeness (QED) is 0.657. The molecule has 1 aliphatic rings. The van der Waals surface area contributed by atoms with Crippen molar-refractivity contribution in [3.8, 4) is 0 Å². The maximum Gasteiger partial charge on any atom is 0.117 e. The molecule has 1 saturated heterocycles. The van der Waals surface area contributed by atoms with Gasteiger partial charge >= 0.3 is 0 Å². The average Bonchev–Trinajstić information content (AvgIpc) is 2.02. The molecule has 0 radical (unpaired) electrons. The van der Waals surface area contributed by atoms with Gasteiger partial charge in [0.2, 0.25) is 0 Å². The number of aliphatic hydroxyl groups is 1. The molecule has 78 valence electrons. The molecule has 4 heteroatoms. The minimum absolute atomic E-state index is 0.0777. The van der Waals surface area contributed by atoms with E-state index in [0.29, 0.717) is 6.54 Å². The average molecular weight is 190 g/mol. The van der Waals surface area contributed by atoms with Crippen molar-refractivity contribution in [2.45, 2.75) is 25.5 Å². The van der Waals surface area contributed by atoms with Crippen LogP contribution in [-0.2, 0) is 0 Å². The van der Waals surface area contributed by atoms with Crippen molar-refractivity contribution in [1.29, 1.82) is 0 Å². The van der Waals surface area contributed by atoms with E-state index in [0.717, 1.165) is 19.6 Å². The Labute approximate surface area is 78.9 Å². The molecule has 0 aromatic rings. The van der Waals surface area contributed by atoms with E-state index in [9.17, 15) is 4.39 Å². The molecule has 13 heavy (non-hydrogen) atoms. The topological polar surface area (TPSA) is 35.5 Å². The first-order valence-electron chi connectivity index (χ1n) is 4.75. The van der Waals surface area contributed by atoms with Gasteiger partial charge in [0.15, 0.2) is 0 Å². The molecule has 0 aromatic carbocycles. The Morgan fingerprint density at radius 2 is 2.31 bits per heavy atom. The van der Waals surface area contributed by atoms with Crippen LogP contribution >= 0.6 is 0 Å². The fourth-order valence-corrected chi connectivity index (χ4v) is 1.75. The van der Waals surface area contributed by atoms with E-state index in [-0.39, 0.29) is 5.54 Å². The molecular formula is C9H19FN2O. The second-order valence-electron chi connectivity index (χ2n) is 4.35. The molecule has 0 bridgehead atoms. The number of hydrogen-bond donors (Lipinski definition) is 2. The van der Waals surface area contributed by atoms with E-state index < -0.39 is 12.8 Å². The SMILES string of the molecule is CC1(C)CN(CC(O)CF)CCN1. The summed E-state index contributed by atoms with van der Waals surface area (Å²) in [6.45, 7) is 6.69. The molecule has 1 unspecified atom stereocenters. The van der Waals surface area contributed by atoms with Crippen LogP contribution in [0.3, 0.4) is 0 Å². The predicted molar refractivity (Wildman–Crippen MR) is 50.5 cm³/mol. The zero-order valence-corrected chi connectivity index (χ0v) is 8.39. The Morgan fingerprint density at radius 3 is 2.85 bits per heavy atom. The number of aliphatic hydroxyl groups excluding tert-OH is 1. The molecule has 1 rings (SSSR count). The Kier molecular flexibility index (Phi) is 3.64. The van der Waals surface area contributed by atoms with Gasteiger partial charge in [-0.15, -0.1) is 0 Å². The molecule has 1 atom stereocenters. The van der Waals surface area contributed by atoms with E-state index in [1.165, 1.54) is 0 Å². The number of rotatable bonds is 3. The molecule has 1 fully saturated rings. The third kappa shape index (κ3) is 3.58. The summed E-state index contributed by atoms with van der Waals surface area (Å²) in [5.74, 6) is 0. The third-order valence-electron chi connectivity index (χ3n) is 2.30. The van der Waals surface area contributed by atoms with Crippen molar-refractivity contribution in [3.05, 3.63) is 0 Å². The molecule has 0 amide bonds. The second kappa shape index (κ2) is 4.35. The van der Waals surface area contributed by atoms with Gasteiger partial charge in [0, 0.05) is 31.7 Å². The minimum Gasteiger partial charge on any atom is -0.389 e. The van der Waals surface area contributed by atoms with Gasteiger partial charge in [0.25, 0.3) is 0 Å². The zero-order valence-electron chi connectivity index (χ0n) is 8.39. The Morgan fingerprint density at radius 1 is 1.62 bits per heavy atom. The maximum atomic E-state index is 12.0. The number of halogens is 1. The highest BCUT2D eigenvalue weighted by Crippen LogP contribution is 2.10. The smallest absolute Gasteiger partial charge is 0.117 e. The van der Waals surface area contributed by atoms with Crippen LogP contribution in [0.5, 0.6) is 0 Å². The molecular weight excluding hydrogens is 171 g/mol. The van der Waals surface area contributed by atoms with Crippen molar-refractivity contribution in [2.75, 3.05) is 32.9 Å². The lowest BCUT2D eigenvalue weighted by Gasteiger charge is -2.39. The fourth-order valence-electron chi connectivity index (χ4n) is 1.75. The van der Waals surface area contributed by atoms with Crippen LogP contribution < -0.4 is 5.32 Å². The number of hydrogen-bond acceptors (Lipinski definition) is 3. The van der Waals surface area contributed by atoms with Gasteiger partial charge in [-0.3, -0.25) is 4.90 Å². The van der Waals surface area contributed by atoms with E-state index in [2.05, 4.69) is 24.1 Å². The van der Waals surface area contributed by atoms with Crippen LogP contribution in [0, 0.1) is 0 Å². The number of alkyl halides is 1.